The number of rotatable bonds is 3. The van der Waals surface area contributed by atoms with Crippen molar-refractivity contribution in [2.75, 3.05) is 0 Å². The van der Waals surface area contributed by atoms with Crippen molar-refractivity contribution in [3.8, 4) is 0 Å². The first-order valence-corrected chi connectivity index (χ1v) is 8.25. The number of nitrogens with zero attached hydrogens (tertiary/aromatic N) is 2. The van der Waals surface area contributed by atoms with Crippen molar-refractivity contribution in [3.05, 3.63) is 42.2 Å². The summed E-state index contributed by atoms with van der Waals surface area (Å²) in [5.74, 6) is 0. The quantitative estimate of drug-likeness (QED) is 0.924. The van der Waals surface area contributed by atoms with E-state index in [1.807, 2.05) is 12.1 Å². The maximum Gasteiger partial charge on any atom is 0.241 e. The highest BCUT2D eigenvalue weighted by molar-refractivity contribution is 8.00. The lowest BCUT2D eigenvalue weighted by atomic mass is 10.1. The van der Waals surface area contributed by atoms with E-state index in [1.165, 1.54) is 22.9 Å². The monoisotopic (exact) mass is 295 g/mol. The molecule has 2 heterocycles. The molecule has 100 valence electrons. The number of hydrogen-bond donors (Lipinski definition) is 1. The number of aromatic nitrogens is 2. The molecule has 5 nitrogen and oxygen atoms in total. The molecule has 2 aromatic rings. The van der Waals surface area contributed by atoms with E-state index in [0.717, 1.165) is 6.42 Å². The molecule has 0 aliphatic carbocycles. The maximum atomic E-state index is 11.2. The molecule has 2 N–H and O–H groups in total. The van der Waals surface area contributed by atoms with Crippen LogP contribution in [0.2, 0.25) is 0 Å². The molecule has 0 bridgehead atoms. The fourth-order valence-electron chi connectivity index (χ4n) is 2.16. The van der Waals surface area contributed by atoms with Gasteiger partial charge in [-0.1, -0.05) is 18.2 Å². The summed E-state index contributed by atoms with van der Waals surface area (Å²) in [7, 11) is -3.66. The first kappa shape index (κ1) is 12.7. The number of fused-ring (bicyclic) bond motifs is 1. The molecule has 3 rings (SSSR count). The van der Waals surface area contributed by atoms with Crippen LogP contribution in [0.5, 0.6) is 0 Å². The highest BCUT2D eigenvalue weighted by atomic mass is 32.2. The summed E-state index contributed by atoms with van der Waals surface area (Å²) in [5, 5.41) is 9.49. The van der Waals surface area contributed by atoms with Gasteiger partial charge in [-0.3, -0.25) is 4.68 Å². The van der Waals surface area contributed by atoms with Gasteiger partial charge in [-0.2, -0.15) is 5.10 Å². The lowest BCUT2D eigenvalue weighted by Gasteiger charge is -2.07. The van der Waals surface area contributed by atoms with Gasteiger partial charge in [0.1, 0.15) is 4.90 Å². The Labute approximate surface area is 115 Å². The van der Waals surface area contributed by atoms with Gasteiger partial charge < -0.3 is 0 Å². The van der Waals surface area contributed by atoms with E-state index in [4.69, 9.17) is 5.14 Å². The average molecular weight is 295 g/mol. The topological polar surface area (TPSA) is 78.0 Å². The second kappa shape index (κ2) is 4.66. The third kappa shape index (κ3) is 2.68. The number of benzene rings is 1. The summed E-state index contributed by atoms with van der Waals surface area (Å²) in [6.45, 7) is 0.675. The fraction of sp³-hybridized carbons (Fsp3) is 0.250. The maximum absolute atomic E-state index is 11.2. The Kier molecular flexibility index (Phi) is 3.12. The van der Waals surface area contributed by atoms with Crippen molar-refractivity contribution >= 4 is 21.8 Å². The summed E-state index contributed by atoms with van der Waals surface area (Å²) in [6, 6.07) is 8.30. The van der Waals surface area contributed by atoms with Gasteiger partial charge in [0.15, 0.2) is 0 Å². The van der Waals surface area contributed by atoms with Crippen molar-refractivity contribution in [3.63, 3.8) is 0 Å². The van der Waals surface area contributed by atoms with Gasteiger partial charge >= 0.3 is 0 Å². The molecule has 7 heteroatoms. The Bertz CT molecular complexity index is 684. The van der Waals surface area contributed by atoms with Gasteiger partial charge in [-0.05, 0) is 18.1 Å². The van der Waals surface area contributed by atoms with Gasteiger partial charge in [-0.25, -0.2) is 13.6 Å². The summed E-state index contributed by atoms with van der Waals surface area (Å²) >= 11 is 1.81. The number of nitrogens with two attached hydrogens (primary N) is 1. The zero-order valence-corrected chi connectivity index (χ0v) is 11.7. The molecule has 1 aromatic carbocycles. The molecule has 0 fully saturated rings. The Morgan fingerprint density at radius 3 is 2.89 bits per heavy atom. The number of primary sulfonamides is 1. The van der Waals surface area contributed by atoms with E-state index in [9.17, 15) is 8.42 Å². The molecule has 1 unspecified atom stereocenters. The van der Waals surface area contributed by atoms with Gasteiger partial charge in [0.05, 0.1) is 12.7 Å². The first-order valence-electron chi connectivity index (χ1n) is 5.82. The smallest absolute Gasteiger partial charge is 0.241 e. The highest BCUT2D eigenvalue weighted by Gasteiger charge is 2.22. The Balaban J connectivity index is 1.73. The van der Waals surface area contributed by atoms with Crippen LogP contribution in [0, 0.1) is 0 Å². The predicted molar refractivity (Wildman–Crippen MR) is 73.4 cm³/mol. The Hall–Kier alpha value is -1.31. The number of sulfonamides is 1. The van der Waals surface area contributed by atoms with Crippen LogP contribution in [-0.4, -0.2) is 23.4 Å². The van der Waals surface area contributed by atoms with Crippen LogP contribution in [0.15, 0.2) is 46.5 Å². The lowest BCUT2D eigenvalue weighted by Crippen LogP contribution is -2.13. The van der Waals surface area contributed by atoms with Crippen molar-refractivity contribution in [2.24, 2.45) is 5.14 Å². The van der Waals surface area contributed by atoms with E-state index >= 15 is 0 Å². The normalized spacial score (nSPS) is 18.5. The second-order valence-corrected chi connectivity index (χ2v) is 7.40. The third-order valence-electron chi connectivity index (χ3n) is 3.04. The molecule has 0 saturated carbocycles. The number of hydrogen-bond acceptors (Lipinski definition) is 4. The van der Waals surface area contributed by atoms with Crippen LogP contribution in [0.25, 0.3) is 0 Å². The van der Waals surface area contributed by atoms with Crippen LogP contribution < -0.4 is 5.14 Å². The van der Waals surface area contributed by atoms with Crippen molar-refractivity contribution in [1.29, 1.82) is 0 Å². The van der Waals surface area contributed by atoms with Crippen LogP contribution in [-0.2, 0) is 23.0 Å². The minimum absolute atomic E-state index is 0.0630. The molecule has 0 saturated heterocycles. The molecule has 19 heavy (non-hydrogen) atoms. The van der Waals surface area contributed by atoms with Crippen molar-refractivity contribution in [1.82, 2.24) is 9.78 Å². The summed E-state index contributed by atoms with van der Waals surface area (Å²) in [6.07, 6.45) is 3.76. The van der Waals surface area contributed by atoms with E-state index in [0.29, 0.717) is 11.8 Å². The molecular weight excluding hydrogens is 282 g/mol. The van der Waals surface area contributed by atoms with Gasteiger partial charge in [0.2, 0.25) is 10.0 Å². The fourth-order valence-corrected chi connectivity index (χ4v) is 3.93. The molecular formula is C12H13N3O2S2. The molecule has 1 atom stereocenters. The third-order valence-corrected chi connectivity index (χ3v) is 5.21. The van der Waals surface area contributed by atoms with Crippen LogP contribution in [0.3, 0.4) is 0 Å². The minimum Gasteiger partial charge on any atom is -0.270 e. The molecule has 1 aliphatic heterocycles. The zero-order chi connectivity index (χ0) is 13.5. The van der Waals surface area contributed by atoms with Crippen LogP contribution in [0.4, 0.5) is 0 Å². The van der Waals surface area contributed by atoms with Crippen LogP contribution >= 0.6 is 11.8 Å². The van der Waals surface area contributed by atoms with Gasteiger partial charge in [0, 0.05) is 16.3 Å². The minimum atomic E-state index is -3.66. The lowest BCUT2D eigenvalue weighted by molar-refractivity contribution is 0.589. The van der Waals surface area contributed by atoms with E-state index in [2.05, 4.69) is 17.2 Å². The average Bonchev–Trinajstić information content (AvgIpc) is 2.94. The summed E-state index contributed by atoms with van der Waals surface area (Å²) in [4.78, 5) is 1.36. The molecule has 1 aliphatic rings. The predicted octanol–water partition coefficient (Wildman–Crippen LogP) is 1.25. The van der Waals surface area contributed by atoms with Gasteiger partial charge in [0.25, 0.3) is 0 Å². The zero-order valence-electron chi connectivity index (χ0n) is 10.1. The summed E-state index contributed by atoms with van der Waals surface area (Å²) in [5.41, 5.74) is 1.34. The standard InChI is InChI=1S/C12H13N3O2S2/c13-19(16,17)11-6-14-15(8-11)7-10-5-9-3-1-2-4-12(9)18-10/h1-4,6,8,10H,5,7H2,(H2,13,16,17). The second-order valence-electron chi connectivity index (χ2n) is 4.49. The van der Waals surface area contributed by atoms with E-state index in [1.54, 1.807) is 16.4 Å². The molecule has 1 aromatic heterocycles. The van der Waals surface area contributed by atoms with Crippen molar-refractivity contribution in [2.45, 2.75) is 28.0 Å². The summed E-state index contributed by atoms with van der Waals surface area (Å²) < 4.78 is 24.0. The number of thioether (sulfide) groups is 1. The molecule has 0 amide bonds. The Morgan fingerprint density at radius 2 is 2.21 bits per heavy atom. The van der Waals surface area contributed by atoms with Crippen molar-refractivity contribution < 1.29 is 8.42 Å². The SMILES string of the molecule is NS(=O)(=O)c1cnn(CC2Cc3ccccc3S2)c1. The van der Waals surface area contributed by atoms with Gasteiger partial charge in [-0.15, -0.1) is 11.8 Å². The highest BCUT2D eigenvalue weighted by Crippen LogP contribution is 2.37. The molecule has 0 spiro atoms. The first-order chi connectivity index (χ1) is 9.02. The Morgan fingerprint density at radius 1 is 1.42 bits per heavy atom. The van der Waals surface area contributed by atoms with E-state index < -0.39 is 10.0 Å². The van der Waals surface area contributed by atoms with Crippen LogP contribution in [0.1, 0.15) is 5.56 Å². The molecule has 0 radical (unpaired) electrons. The van der Waals surface area contributed by atoms with E-state index in [-0.39, 0.29) is 4.90 Å². The largest absolute Gasteiger partial charge is 0.270 e.